The first-order valence-corrected chi connectivity index (χ1v) is 5.36. The highest BCUT2D eigenvalue weighted by Gasteiger charge is 2.21. The molecule has 0 aromatic heterocycles. The van der Waals surface area contributed by atoms with E-state index in [9.17, 15) is 4.79 Å². The van der Waals surface area contributed by atoms with E-state index in [0.29, 0.717) is 6.42 Å². The fraction of sp³-hybridized carbons (Fsp3) is 0.909. The lowest BCUT2D eigenvalue weighted by Gasteiger charge is -2.23. The molecule has 1 amide bonds. The molecule has 0 saturated carbocycles. The first kappa shape index (κ1) is 14.4. The van der Waals surface area contributed by atoms with Gasteiger partial charge in [-0.25, -0.2) is 0 Å². The highest BCUT2D eigenvalue weighted by Crippen LogP contribution is 2.12. The van der Waals surface area contributed by atoms with Crippen LogP contribution in [0.4, 0.5) is 0 Å². The van der Waals surface area contributed by atoms with Crippen molar-refractivity contribution in [3.8, 4) is 0 Å². The van der Waals surface area contributed by atoms with Gasteiger partial charge < -0.3 is 15.2 Å². The maximum absolute atomic E-state index is 11.5. The van der Waals surface area contributed by atoms with Crippen LogP contribution in [0.2, 0.25) is 0 Å². The third-order valence-electron chi connectivity index (χ3n) is 2.34. The van der Waals surface area contributed by atoms with Crippen LogP contribution in [0.15, 0.2) is 0 Å². The number of carbonyl (C=O) groups excluding carboxylic acids is 1. The summed E-state index contributed by atoms with van der Waals surface area (Å²) in [5.41, 5.74) is -0.416. The van der Waals surface area contributed by atoms with E-state index in [2.05, 4.69) is 5.32 Å². The van der Waals surface area contributed by atoms with Crippen LogP contribution in [-0.2, 0) is 9.53 Å². The highest BCUT2D eigenvalue weighted by molar-refractivity contribution is 5.77. The minimum atomic E-state index is -0.416. The molecule has 0 heterocycles. The van der Waals surface area contributed by atoms with Crippen molar-refractivity contribution >= 4 is 5.91 Å². The number of ether oxygens (including phenoxy) is 1. The average molecular weight is 217 g/mol. The van der Waals surface area contributed by atoms with Crippen LogP contribution in [0, 0.1) is 0 Å². The van der Waals surface area contributed by atoms with Gasteiger partial charge in [0.05, 0.1) is 12.0 Å². The molecule has 0 radical (unpaired) electrons. The van der Waals surface area contributed by atoms with Gasteiger partial charge in [0.25, 0.3) is 0 Å². The van der Waals surface area contributed by atoms with Crippen molar-refractivity contribution in [1.29, 1.82) is 0 Å². The number of hydrogen-bond acceptors (Lipinski definition) is 3. The largest absolute Gasteiger partial charge is 0.396 e. The molecule has 90 valence electrons. The molecule has 0 aliphatic rings. The molecule has 0 aliphatic heterocycles. The Morgan fingerprint density at radius 2 is 2.13 bits per heavy atom. The monoisotopic (exact) mass is 217 g/mol. The van der Waals surface area contributed by atoms with Crippen LogP contribution in [0.3, 0.4) is 0 Å². The molecule has 0 aliphatic carbocycles. The molecular formula is C11H23NO3. The molecule has 2 N–H and O–H groups in total. The Kier molecular flexibility index (Phi) is 6.52. The van der Waals surface area contributed by atoms with Gasteiger partial charge in [-0.3, -0.25) is 4.79 Å². The number of hydrogen-bond donors (Lipinski definition) is 2. The average Bonchev–Trinajstić information content (AvgIpc) is 2.13. The van der Waals surface area contributed by atoms with E-state index in [1.54, 1.807) is 7.11 Å². The van der Waals surface area contributed by atoms with Crippen molar-refractivity contribution in [3.63, 3.8) is 0 Å². The maximum Gasteiger partial charge on any atom is 0.223 e. The third kappa shape index (κ3) is 7.33. The zero-order valence-electron chi connectivity index (χ0n) is 10.2. The van der Waals surface area contributed by atoms with Crippen molar-refractivity contribution in [2.24, 2.45) is 0 Å². The smallest absolute Gasteiger partial charge is 0.223 e. The Hall–Kier alpha value is -0.610. The molecule has 0 rings (SSSR count). The summed E-state index contributed by atoms with van der Waals surface area (Å²) in [6.45, 7) is 5.87. The fourth-order valence-corrected chi connectivity index (χ4v) is 1.25. The zero-order valence-corrected chi connectivity index (χ0v) is 10.2. The van der Waals surface area contributed by atoms with Crippen LogP contribution in [0.5, 0.6) is 0 Å². The van der Waals surface area contributed by atoms with Crippen LogP contribution >= 0.6 is 0 Å². The van der Waals surface area contributed by atoms with E-state index < -0.39 is 5.60 Å². The standard InChI is InChI=1S/C11H23NO3/c1-9(6-5-7-13)12-10(14)8-11(2,3)15-4/h9,13H,5-8H2,1-4H3,(H,12,14). The predicted octanol–water partition coefficient (Wildman–Crippen LogP) is 1.08. The van der Waals surface area contributed by atoms with E-state index in [-0.39, 0.29) is 18.6 Å². The van der Waals surface area contributed by atoms with Gasteiger partial charge in [-0.2, -0.15) is 0 Å². The van der Waals surface area contributed by atoms with Gasteiger partial charge in [-0.15, -0.1) is 0 Å². The number of methoxy groups -OCH3 is 1. The molecule has 0 aromatic carbocycles. The molecule has 0 fully saturated rings. The second-order valence-electron chi connectivity index (χ2n) is 4.47. The summed E-state index contributed by atoms with van der Waals surface area (Å²) < 4.78 is 5.17. The molecule has 1 atom stereocenters. The normalized spacial score (nSPS) is 13.7. The van der Waals surface area contributed by atoms with Gasteiger partial charge in [0.15, 0.2) is 0 Å². The van der Waals surface area contributed by atoms with Crippen LogP contribution in [-0.4, -0.2) is 36.4 Å². The SMILES string of the molecule is COC(C)(C)CC(=O)NC(C)CCCO. The zero-order chi connectivity index (χ0) is 11.9. The van der Waals surface area contributed by atoms with E-state index in [1.165, 1.54) is 0 Å². The van der Waals surface area contributed by atoms with Gasteiger partial charge >= 0.3 is 0 Å². The topological polar surface area (TPSA) is 58.6 Å². The van der Waals surface area contributed by atoms with E-state index in [1.807, 2.05) is 20.8 Å². The first-order valence-electron chi connectivity index (χ1n) is 5.36. The van der Waals surface area contributed by atoms with Crippen LogP contribution < -0.4 is 5.32 Å². The Morgan fingerprint density at radius 3 is 2.60 bits per heavy atom. The summed E-state index contributed by atoms with van der Waals surface area (Å²) >= 11 is 0. The van der Waals surface area contributed by atoms with Gasteiger partial charge in [-0.1, -0.05) is 0 Å². The second-order valence-corrected chi connectivity index (χ2v) is 4.47. The molecule has 0 saturated heterocycles. The summed E-state index contributed by atoms with van der Waals surface area (Å²) in [5.74, 6) is -0.00714. The van der Waals surface area contributed by atoms with Crippen molar-refractivity contribution in [2.45, 2.75) is 51.7 Å². The lowest BCUT2D eigenvalue weighted by atomic mass is 10.0. The summed E-state index contributed by atoms with van der Waals surface area (Å²) in [7, 11) is 1.60. The van der Waals surface area contributed by atoms with Gasteiger partial charge in [0.1, 0.15) is 0 Å². The van der Waals surface area contributed by atoms with E-state index >= 15 is 0 Å². The van der Waals surface area contributed by atoms with Crippen LogP contribution in [0.1, 0.15) is 40.0 Å². The number of rotatable bonds is 7. The minimum absolute atomic E-state index is 0.00714. The summed E-state index contributed by atoms with van der Waals surface area (Å²) in [6.07, 6.45) is 1.87. The van der Waals surface area contributed by atoms with Crippen molar-refractivity contribution < 1.29 is 14.6 Å². The number of amides is 1. The quantitative estimate of drug-likeness (QED) is 0.671. The highest BCUT2D eigenvalue weighted by atomic mass is 16.5. The van der Waals surface area contributed by atoms with Crippen molar-refractivity contribution in [3.05, 3.63) is 0 Å². The molecule has 4 nitrogen and oxygen atoms in total. The molecule has 1 unspecified atom stereocenters. The Bertz CT molecular complexity index is 192. The summed E-state index contributed by atoms with van der Waals surface area (Å²) in [6, 6.07) is 0.109. The molecule has 0 aromatic rings. The summed E-state index contributed by atoms with van der Waals surface area (Å²) in [4.78, 5) is 11.5. The predicted molar refractivity (Wildman–Crippen MR) is 59.6 cm³/mol. The third-order valence-corrected chi connectivity index (χ3v) is 2.34. The molecule has 0 bridgehead atoms. The second kappa shape index (κ2) is 6.80. The van der Waals surface area contributed by atoms with Crippen molar-refractivity contribution in [1.82, 2.24) is 5.32 Å². The fourth-order valence-electron chi connectivity index (χ4n) is 1.25. The molecular weight excluding hydrogens is 194 g/mol. The van der Waals surface area contributed by atoms with Gasteiger partial charge in [-0.05, 0) is 33.6 Å². The molecule has 4 heteroatoms. The lowest BCUT2D eigenvalue weighted by Crippen LogP contribution is -2.38. The number of nitrogens with one attached hydrogen (secondary N) is 1. The summed E-state index contributed by atoms with van der Waals surface area (Å²) in [5, 5.41) is 11.5. The Balaban J connectivity index is 3.83. The van der Waals surface area contributed by atoms with Gasteiger partial charge in [0.2, 0.25) is 5.91 Å². The van der Waals surface area contributed by atoms with Crippen LogP contribution in [0.25, 0.3) is 0 Å². The number of aliphatic hydroxyl groups is 1. The van der Waals surface area contributed by atoms with Crippen molar-refractivity contribution in [2.75, 3.05) is 13.7 Å². The molecule has 0 spiro atoms. The Morgan fingerprint density at radius 1 is 1.53 bits per heavy atom. The Labute approximate surface area is 92.0 Å². The number of aliphatic hydroxyl groups excluding tert-OH is 1. The first-order chi connectivity index (χ1) is 6.91. The maximum atomic E-state index is 11.5. The van der Waals surface area contributed by atoms with Gasteiger partial charge in [0, 0.05) is 19.8 Å². The lowest BCUT2D eigenvalue weighted by molar-refractivity contribution is -0.126. The van der Waals surface area contributed by atoms with E-state index in [4.69, 9.17) is 9.84 Å². The van der Waals surface area contributed by atoms with E-state index in [0.717, 1.165) is 12.8 Å². The minimum Gasteiger partial charge on any atom is -0.396 e. The molecule has 15 heavy (non-hydrogen) atoms. The number of carbonyl (C=O) groups is 1.